The van der Waals surface area contributed by atoms with Gasteiger partial charge in [0, 0.05) is 48.5 Å². The van der Waals surface area contributed by atoms with Gasteiger partial charge in [0.1, 0.15) is 11.5 Å². The summed E-state index contributed by atoms with van der Waals surface area (Å²) < 4.78 is 41.9. The Kier molecular flexibility index (Phi) is 6.64. The molecule has 1 amide bonds. The molecule has 2 aromatic carbocycles. The van der Waals surface area contributed by atoms with Gasteiger partial charge in [-0.1, -0.05) is 0 Å². The lowest BCUT2D eigenvalue weighted by molar-refractivity contribution is -0.110. The maximum Gasteiger partial charge on any atom is 0.258 e. The van der Waals surface area contributed by atoms with Crippen LogP contribution in [0.15, 0.2) is 73.2 Å². The zero-order valence-corrected chi connectivity index (χ0v) is 22.0. The fraction of sp³-hybridized carbons (Fsp3) is 0.185. The van der Waals surface area contributed by atoms with Crippen molar-refractivity contribution in [3.05, 3.63) is 90.1 Å². The number of carbonyl (C=O) groups excluding carboxylic acids is 1. The Bertz CT molecular complexity index is 1660. The molecule has 3 heterocycles. The minimum atomic E-state index is -3.48. The summed E-state index contributed by atoms with van der Waals surface area (Å²) in [5.41, 5.74) is 4.43. The lowest BCUT2D eigenvalue weighted by Crippen LogP contribution is -2.35. The summed E-state index contributed by atoms with van der Waals surface area (Å²) in [5.74, 6) is -0.807. The summed E-state index contributed by atoms with van der Waals surface area (Å²) in [4.78, 5) is 19.4. The fourth-order valence-electron chi connectivity index (χ4n) is 4.37. The van der Waals surface area contributed by atoms with Gasteiger partial charge in [-0.2, -0.15) is 0 Å². The topological polar surface area (TPSA) is 99.0 Å². The summed E-state index contributed by atoms with van der Waals surface area (Å²) in [6, 6.07) is 14.9. The standard InChI is InChI=1S/C27H27FN6O3S/c1-32(2)14-15-34(38(3,36)37)21-7-5-20(6-8-21)30-26(18-10-12-33-13-11-29-24(33)16-18)25-22-9-4-19(28)17-23(22)31-27(25)35/h4-13,16-17,30H,14-15H2,1-3H3,(H,31,35). The number of aromatic nitrogens is 2. The van der Waals surface area contributed by atoms with E-state index in [4.69, 9.17) is 0 Å². The largest absolute Gasteiger partial charge is 0.354 e. The molecule has 5 rings (SSSR count). The number of nitrogens with zero attached hydrogens (tertiary/aromatic N) is 4. The Morgan fingerprint density at radius 3 is 2.53 bits per heavy atom. The molecule has 11 heteroatoms. The van der Waals surface area contributed by atoms with Crippen LogP contribution in [0, 0.1) is 5.82 Å². The normalized spacial score (nSPS) is 14.5. The number of hydrogen-bond acceptors (Lipinski definition) is 6. The molecule has 1 aliphatic heterocycles. The Hall–Kier alpha value is -4.22. The maximum atomic E-state index is 13.9. The first-order valence-corrected chi connectivity index (χ1v) is 13.7. The van der Waals surface area contributed by atoms with Gasteiger partial charge >= 0.3 is 0 Å². The van der Waals surface area contributed by atoms with Gasteiger partial charge in [0.15, 0.2) is 0 Å². The third-order valence-corrected chi connectivity index (χ3v) is 7.43. The summed E-state index contributed by atoms with van der Waals surface area (Å²) in [6.45, 7) is 0.875. The van der Waals surface area contributed by atoms with Crippen molar-refractivity contribution >= 4 is 49.9 Å². The molecule has 0 saturated carbocycles. The lowest BCUT2D eigenvalue weighted by Gasteiger charge is -2.24. The zero-order valence-electron chi connectivity index (χ0n) is 21.1. The van der Waals surface area contributed by atoms with Crippen LogP contribution in [0.1, 0.15) is 11.1 Å². The van der Waals surface area contributed by atoms with Crippen LogP contribution in [-0.4, -0.2) is 62.1 Å². The van der Waals surface area contributed by atoms with Crippen LogP contribution in [0.25, 0.3) is 16.9 Å². The number of carbonyl (C=O) groups is 1. The highest BCUT2D eigenvalue weighted by atomic mass is 32.2. The molecular formula is C27H27FN6O3S. The number of fused-ring (bicyclic) bond motifs is 2. The van der Waals surface area contributed by atoms with E-state index in [-0.39, 0.29) is 5.91 Å². The molecule has 1 aliphatic rings. The first-order valence-electron chi connectivity index (χ1n) is 11.9. The van der Waals surface area contributed by atoms with Gasteiger partial charge in [0.25, 0.3) is 5.91 Å². The SMILES string of the molecule is CN(C)CCN(c1ccc(NC(=C2C(=O)Nc3cc(F)ccc32)c2ccn3ccnc3c2)cc1)S(C)(=O)=O. The minimum Gasteiger partial charge on any atom is -0.354 e. The Morgan fingerprint density at radius 2 is 1.82 bits per heavy atom. The average Bonchev–Trinajstić information content (AvgIpc) is 3.45. The third kappa shape index (κ3) is 5.11. The second-order valence-electron chi connectivity index (χ2n) is 9.31. The highest BCUT2D eigenvalue weighted by Crippen LogP contribution is 2.38. The maximum absolute atomic E-state index is 13.9. The molecule has 196 valence electrons. The molecule has 0 radical (unpaired) electrons. The lowest BCUT2D eigenvalue weighted by atomic mass is 10.0. The smallest absolute Gasteiger partial charge is 0.258 e. The van der Waals surface area contributed by atoms with Crippen molar-refractivity contribution in [2.75, 3.05) is 48.4 Å². The second kappa shape index (κ2) is 9.92. The number of nitrogens with one attached hydrogen (secondary N) is 2. The van der Waals surface area contributed by atoms with Crippen LogP contribution >= 0.6 is 0 Å². The fourth-order valence-corrected chi connectivity index (χ4v) is 5.29. The van der Waals surface area contributed by atoms with Crippen molar-refractivity contribution in [1.82, 2.24) is 14.3 Å². The van der Waals surface area contributed by atoms with Crippen LogP contribution in [-0.2, 0) is 14.8 Å². The Balaban J connectivity index is 1.56. The van der Waals surface area contributed by atoms with Crippen LogP contribution in [0.4, 0.5) is 21.5 Å². The average molecular weight is 535 g/mol. The van der Waals surface area contributed by atoms with Crippen molar-refractivity contribution < 1.29 is 17.6 Å². The monoisotopic (exact) mass is 534 g/mol. The predicted octanol–water partition coefficient (Wildman–Crippen LogP) is 3.73. The van der Waals surface area contributed by atoms with Gasteiger partial charge in [-0.05, 0) is 68.7 Å². The van der Waals surface area contributed by atoms with Crippen molar-refractivity contribution in [3.63, 3.8) is 0 Å². The number of amides is 1. The first-order chi connectivity index (χ1) is 18.1. The van der Waals surface area contributed by atoms with E-state index in [2.05, 4.69) is 15.6 Å². The molecule has 38 heavy (non-hydrogen) atoms. The van der Waals surface area contributed by atoms with E-state index in [1.54, 1.807) is 36.5 Å². The number of pyridine rings is 1. The number of rotatable bonds is 8. The van der Waals surface area contributed by atoms with Crippen molar-refractivity contribution in [3.8, 4) is 0 Å². The second-order valence-corrected chi connectivity index (χ2v) is 11.2. The van der Waals surface area contributed by atoms with Crippen molar-refractivity contribution in [2.45, 2.75) is 0 Å². The van der Waals surface area contributed by atoms with Gasteiger partial charge in [-0.3, -0.25) is 9.10 Å². The Morgan fingerprint density at radius 1 is 1.05 bits per heavy atom. The Labute approximate surface area is 220 Å². The molecule has 0 bridgehead atoms. The predicted molar refractivity (Wildman–Crippen MR) is 148 cm³/mol. The molecule has 0 saturated heterocycles. The van der Waals surface area contributed by atoms with Gasteiger partial charge in [-0.15, -0.1) is 0 Å². The molecular weight excluding hydrogens is 507 g/mol. The van der Waals surface area contributed by atoms with E-state index in [1.165, 1.54) is 22.7 Å². The molecule has 2 N–H and O–H groups in total. The number of imidazole rings is 1. The van der Waals surface area contributed by atoms with Gasteiger partial charge in [-0.25, -0.2) is 17.8 Å². The van der Waals surface area contributed by atoms with Gasteiger partial charge in [0.2, 0.25) is 10.0 Å². The van der Waals surface area contributed by atoms with Crippen molar-refractivity contribution in [2.24, 2.45) is 0 Å². The van der Waals surface area contributed by atoms with E-state index >= 15 is 0 Å². The third-order valence-electron chi connectivity index (χ3n) is 6.24. The molecule has 0 unspecified atom stereocenters. The van der Waals surface area contributed by atoms with Gasteiger partial charge in [0.05, 0.1) is 28.9 Å². The highest BCUT2D eigenvalue weighted by molar-refractivity contribution is 7.92. The molecule has 4 aromatic rings. The number of likely N-dealkylation sites (N-methyl/N-ethyl adjacent to an activating group) is 1. The molecule has 0 spiro atoms. The van der Waals surface area contributed by atoms with Crippen LogP contribution in [0.5, 0.6) is 0 Å². The van der Waals surface area contributed by atoms with E-state index in [0.717, 1.165) is 0 Å². The zero-order chi connectivity index (χ0) is 27.0. The highest BCUT2D eigenvalue weighted by Gasteiger charge is 2.29. The molecule has 0 atom stereocenters. The molecule has 2 aromatic heterocycles. The molecule has 9 nitrogen and oxygen atoms in total. The van der Waals surface area contributed by atoms with Crippen LogP contribution in [0.2, 0.25) is 0 Å². The first kappa shape index (κ1) is 25.4. The quantitative estimate of drug-likeness (QED) is 0.334. The molecule has 0 fully saturated rings. The van der Waals surface area contributed by atoms with E-state index < -0.39 is 15.8 Å². The summed E-state index contributed by atoms with van der Waals surface area (Å²) in [7, 11) is 0.287. The van der Waals surface area contributed by atoms with E-state index in [1.807, 2.05) is 47.9 Å². The summed E-state index contributed by atoms with van der Waals surface area (Å²) in [5, 5.41) is 6.09. The van der Waals surface area contributed by atoms with Gasteiger partial charge < -0.3 is 19.9 Å². The van der Waals surface area contributed by atoms with Crippen molar-refractivity contribution in [1.29, 1.82) is 0 Å². The number of halogens is 1. The van der Waals surface area contributed by atoms with Crippen LogP contribution < -0.4 is 14.9 Å². The van der Waals surface area contributed by atoms with Crippen LogP contribution in [0.3, 0.4) is 0 Å². The minimum absolute atomic E-state index is 0.311. The number of anilines is 3. The number of benzene rings is 2. The van der Waals surface area contributed by atoms with E-state index in [0.29, 0.717) is 58.2 Å². The number of sulfonamides is 1. The van der Waals surface area contributed by atoms with E-state index in [9.17, 15) is 17.6 Å². The summed E-state index contributed by atoms with van der Waals surface area (Å²) in [6.07, 6.45) is 6.53. The number of hydrogen-bond donors (Lipinski definition) is 2. The molecule has 0 aliphatic carbocycles. The summed E-state index contributed by atoms with van der Waals surface area (Å²) >= 11 is 0.